The van der Waals surface area contributed by atoms with Crippen LogP contribution in [0.2, 0.25) is 0 Å². The van der Waals surface area contributed by atoms with Crippen LogP contribution in [0.3, 0.4) is 0 Å². The molecule has 0 saturated heterocycles. The maximum Gasteiger partial charge on any atom is 0.165 e. The van der Waals surface area contributed by atoms with E-state index in [0.29, 0.717) is 24.8 Å². The van der Waals surface area contributed by atoms with Gasteiger partial charge in [0, 0.05) is 29.9 Å². The van der Waals surface area contributed by atoms with E-state index in [9.17, 15) is 5.11 Å². The van der Waals surface area contributed by atoms with Crippen LogP contribution in [-0.4, -0.2) is 49.4 Å². The molecule has 5 nitrogen and oxygen atoms in total. The maximum absolute atomic E-state index is 15.1. The molecule has 0 bridgehead atoms. The van der Waals surface area contributed by atoms with Gasteiger partial charge in [-0.05, 0) is 120 Å². The smallest absolute Gasteiger partial charge is 0.165 e. The van der Waals surface area contributed by atoms with Crippen LogP contribution in [0.15, 0.2) is 54.6 Å². The van der Waals surface area contributed by atoms with E-state index in [-0.39, 0.29) is 23.1 Å². The Morgan fingerprint density at radius 2 is 1.79 bits per heavy atom. The van der Waals surface area contributed by atoms with Crippen LogP contribution >= 0.6 is 0 Å². The molecule has 0 aromatic heterocycles. The number of nitrogens with zero attached hydrogens (tertiary/aromatic N) is 2. The molecular weight excluding hydrogens is 491 g/mol. The summed E-state index contributed by atoms with van der Waals surface area (Å²) in [5.74, 6) is 1.41. The van der Waals surface area contributed by atoms with E-state index in [2.05, 4.69) is 49.6 Å². The Bertz CT molecular complexity index is 1290. The summed E-state index contributed by atoms with van der Waals surface area (Å²) in [6, 6.07) is 17.5. The molecule has 3 aromatic carbocycles. The number of methoxy groups -OCH3 is 1. The highest BCUT2D eigenvalue weighted by molar-refractivity contribution is 5.60. The van der Waals surface area contributed by atoms with Gasteiger partial charge in [-0.2, -0.15) is 0 Å². The van der Waals surface area contributed by atoms with Crippen molar-refractivity contribution in [3.63, 3.8) is 0 Å². The van der Waals surface area contributed by atoms with E-state index < -0.39 is 0 Å². The van der Waals surface area contributed by atoms with E-state index >= 15 is 4.39 Å². The highest BCUT2D eigenvalue weighted by Gasteiger charge is 2.26. The van der Waals surface area contributed by atoms with Gasteiger partial charge in [0.15, 0.2) is 11.6 Å². The molecule has 0 saturated carbocycles. The SMILES string of the molecule is COc1ccc(C2CCc3cc(O)ccc3C2)c(N(Cc2ccc(OCC(C)(C)N(C)C)c(F)c2)C(C)C)c1. The third-order valence-corrected chi connectivity index (χ3v) is 8.17. The molecule has 39 heavy (non-hydrogen) atoms. The second kappa shape index (κ2) is 11.9. The largest absolute Gasteiger partial charge is 0.508 e. The summed E-state index contributed by atoms with van der Waals surface area (Å²) in [5, 5.41) is 9.91. The first-order chi connectivity index (χ1) is 18.5. The number of aryl methyl sites for hydroxylation is 1. The Labute approximate surface area is 233 Å². The van der Waals surface area contributed by atoms with E-state index in [1.165, 1.54) is 16.7 Å². The summed E-state index contributed by atoms with van der Waals surface area (Å²) in [4.78, 5) is 4.40. The topological polar surface area (TPSA) is 45.2 Å². The third kappa shape index (κ3) is 6.67. The van der Waals surface area contributed by atoms with Crippen LogP contribution in [0.1, 0.15) is 62.3 Å². The van der Waals surface area contributed by atoms with Gasteiger partial charge in [0.2, 0.25) is 0 Å². The molecule has 1 atom stereocenters. The molecule has 0 fully saturated rings. The lowest BCUT2D eigenvalue weighted by molar-refractivity contribution is 0.111. The molecule has 0 spiro atoms. The van der Waals surface area contributed by atoms with Crippen LogP contribution in [0, 0.1) is 5.82 Å². The van der Waals surface area contributed by atoms with Crippen LogP contribution in [0.4, 0.5) is 10.1 Å². The van der Waals surface area contributed by atoms with Crippen molar-refractivity contribution in [1.29, 1.82) is 0 Å². The lowest BCUT2D eigenvalue weighted by Crippen LogP contribution is -2.43. The van der Waals surface area contributed by atoms with E-state index in [1.54, 1.807) is 25.3 Å². The van der Waals surface area contributed by atoms with Crippen LogP contribution in [0.5, 0.6) is 17.2 Å². The number of anilines is 1. The quantitative estimate of drug-likeness (QED) is 0.305. The summed E-state index contributed by atoms with van der Waals surface area (Å²) in [5.41, 5.74) is 5.59. The van der Waals surface area contributed by atoms with Crippen LogP contribution in [0.25, 0.3) is 0 Å². The summed E-state index contributed by atoms with van der Waals surface area (Å²) in [7, 11) is 5.67. The molecule has 1 aliphatic carbocycles. The van der Waals surface area contributed by atoms with Crippen molar-refractivity contribution in [3.8, 4) is 17.2 Å². The van der Waals surface area contributed by atoms with Gasteiger partial charge in [-0.1, -0.05) is 18.2 Å². The van der Waals surface area contributed by atoms with Crippen LogP contribution in [-0.2, 0) is 19.4 Å². The van der Waals surface area contributed by atoms with Crippen molar-refractivity contribution < 1.29 is 19.0 Å². The maximum atomic E-state index is 15.1. The number of phenolic OH excluding ortho intramolecular Hbond substituents is 1. The minimum absolute atomic E-state index is 0.184. The molecule has 210 valence electrons. The Balaban J connectivity index is 1.60. The average molecular weight is 535 g/mol. The fourth-order valence-corrected chi connectivity index (χ4v) is 5.14. The first-order valence-corrected chi connectivity index (χ1v) is 13.8. The summed E-state index contributed by atoms with van der Waals surface area (Å²) in [6.45, 7) is 9.43. The van der Waals surface area contributed by atoms with Gasteiger partial charge >= 0.3 is 0 Å². The number of hydrogen-bond donors (Lipinski definition) is 1. The van der Waals surface area contributed by atoms with Gasteiger partial charge in [0.1, 0.15) is 18.1 Å². The molecule has 0 aliphatic heterocycles. The standard InChI is InChI=1S/C33H43FN2O3/c1-22(2)36(20-23-8-15-32(30(34)16-23)39-21-33(3,4)35(5)6)31-19-28(38-7)13-14-29(31)26-10-9-25-18-27(37)12-11-24(25)17-26/h8,11-16,18-19,22,26,37H,9-10,17,20-21H2,1-7H3. The molecule has 6 heteroatoms. The zero-order valence-corrected chi connectivity index (χ0v) is 24.4. The number of likely N-dealkylation sites (N-methyl/N-ethyl adjacent to an activating group) is 1. The second-order valence-corrected chi connectivity index (χ2v) is 11.8. The van der Waals surface area contributed by atoms with Crippen molar-refractivity contribution in [2.75, 3.05) is 32.7 Å². The number of rotatable bonds is 10. The Morgan fingerprint density at radius 3 is 2.46 bits per heavy atom. The minimum Gasteiger partial charge on any atom is -0.508 e. The van der Waals surface area contributed by atoms with E-state index in [1.807, 2.05) is 38.4 Å². The number of hydrogen-bond acceptors (Lipinski definition) is 5. The molecule has 3 aromatic rings. The Kier molecular flexibility index (Phi) is 8.75. The monoisotopic (exact) mass is 534 g/mol. The van der Waals surface area contributed by atoms with Gasteiger partial charge in [0.25, 0.3) is 0 Å². The number of fused-ring (bicyclic) bond motifs is 1. The summed E-state index contributed by atoms with van der Waals surface area (Å²) >= 11 is 0. The summed E-state index contributed by atoms with van der Waals surface area (Å²) < 4.78 is 26.6. The Morgan fingerprint density at radius 1 is 1.03 bits per heavy atom. The van der Waals surface area contributed by atoms with Crippen LogP contribution < -0.4 is 14.4 Å². The van der Waals surface area contributed by atoms with Gasteiger partial charge in [0.05, 0.1) is 7.11 Å². The number of halogens is 1. The second-order valence-electron chi connectivity index (χ2n) is 11.8. The third-order valence-electron chi connectivity index (χ3n) is 8.17. The zero-order valence-electron chi connectivity index (χ0n) is 24.4. The first-order valence-electron chi connectivity index (χ1n) is 13.8. The number of aromatic hydroxyl groups is 1. The van der Waals surface area contributed by atoms with Gasteiger partial charge in [-0.15, -0.1) is 0 Å². The first kappa shape index (κ1) is 28.8. The van der Waals surface area contributed by atoms with Crippen molar-refractivity contribution in [2.24, 2.45) is 0 Å². The Hall–Kier alpha value is -3.25. The lowest BCUT2D eigenvalue weighted by atomic mass is 9.79. The summed E-state index contributed by atoms with van der Waals surface area (Å²) in [6.07, 6.45) is 2.86. The van der Waals surface area contributed by atoms with Crippen molar-refractivity contribution in [2.45, 2.75) is 71.0 Å². The van der Waals surface area contributed by atoms with Gasteiger partial charge in [-0.3, -0.25) is 0 Å². The molecule has 0 heterocycles. The molecule has 0 amide bonds. The number of benzene rings is 3. The molecule has 1 unspecified atom stereocenters. The van der Waals surface area contributed by atoms with Crippen molar-refractivity contribution >= 4 is 5.69 Å². The van der Waals surface area contributed by atoms with Crippen molar-refractivity contribution in [1.82, 2.24) is 4.90 Å². The fourth-order valence-electron chi connectivity index (χ4n) is 5.14. The number of ether oxygens (including phenoxy) is 2. The molecule has 0 radical (unpaired) electrons. The van der Waals surface area contributed by atoms with Gasteiger partial charge < -0.3 is 24.4 Å². The fraction of sp³-hybridized carbons (Fsp3) is 0.455. The minimum atomic E-state index is -0.344. The molecular formula is C33H43FN2O3. The average Bonchev–Trinajstić information content (AvgIpc) is 2.90. The number of phenols is 1. The highest BCUT2D eigenvalue weighted by atomic mass is 19.1. The predicted octanol–water partition coefficient (Wildman–Crippen LogP) is 6.95. The normalized spacial score (nSPS) is 15.4. The van der Waals surface area contributed by atoms with E-state index in [0.717, 1.165) is 36.3 Å². The van der Waals surface area contributed by atoms with Crippen molar-refractivity contribution in [3.05, 3.63) is 82.7 Å². The molecule has 1 N–H and O–H groups in total. The lowest BCUT2D eigenvalue weighted by Gasteiger charge is -2.35. The molecule has 1 aliphatic rings. The zero-order chi connectivity index (χ0) is 28.3. The molecule has 4 rings (SSSR count). The predicted molar refractivity (Wildman–Crippen MR) is 157 cm³/mol. The highest BCUT2D eigenvalue weighted by Crippen LogP contribution is 2.40. The van der Waals surface area contributed by atoms with Gasteiger partial charge in [-0.25, -0.2) is 4.39 Å². The van der Waals surface area contributed by atoms with E-state index in [4.69, 9.17) is 9.47 Å².